The van der Waals surface area contributed by atoms with Gasteiger partial charge in [-0.15, -0.1) is 0 Å². The summed E-state index contributed by atoms with van der Waals surface area (Å²) >= 11 is 0. The molecule has 0 radical (unpaired) electrons. The molecule has 1 aliphatic carbocycles. The Kier molecular flexibility index (Phi) is 6.53. The number of rotatable bonds is 4. The molecule has 3 heteroatoms. The van der Waals surface area contributed by atoms with Gasteiger partial charge in [-0.25, -0.2) is 15.0 Å². The van der Waals surface area contributed by atoms with Crippen LogP contribution in [0, 0.1) is 0 Å². The molecule has 0 atom stereocenters. The van der Waals surface area contributed by atoms with E-state index in [2.05, 4.69) is 178 Å². The van der Waals surface area contributed by atoms with Gasteiger partial charge < -0.3 is 0 Å². The first kappa shape index (κ1) is 29.5. The third-order valence-corrected chi connectivity index (χ3v) is 10.7. The van der Waals surface area contributed by atoms with Gasteiger partial charge in [0.05, 0.1) is 0 Å². The van der Waals surface area contributed by atoms with Crippen molar-refractivity contribution in [3.8, 4) is 56.4 Å². The Morgan fingerprint density at radius 1 is 0.353 bits per heavy atom. The van der Waals surface area contributed by atoms with Crippen LogP contribution < -0.4 is 0 Å². The molecular weight excluding hydrogens is 619 g/mol. The summed E-state index contributed by atoms with van der Waals surface area (Å²) in [5.41, 5.74) is 10.8. The molecule has 10 rings (SSSR count). The van der Waals surface area contributed by atoms with Crippen LogP contribution in [-0.2, 0) is 5.41 Å². The summed E-state index contributed by atoms with van der Waals surface area (Å²) in [4.78, 5) is 15.6. The van der Waals surface area contributed by atoms with Crippen molar-refractivity contribution in [2.24, 2.45) is 0 Å². The third kappa shape index (κ3) is 4.62. The molecule has 3 nitrogen and oxygen atoms in total. The Labute approximate surface area is 297 Å². The number of hydrogen-bond donors (Lipinski definition) is 0. The summed E-state index contributed by atoms with van der Waals surface area (Å²) in [5, 5.41) is 6.78. The van der Waals surface area contributed by atoms with Crippen LogP contribution in [-0.4, -0.2) is 15.0 Å². The largest absolute Gasteiger partial charge is 0.208 e. The molecule has 1 heterocycles. The lowest BCUT2D eigenvalue weighted by Gasteiger charge is -2.21. The summed E-state index contributed by atoms with van der Waals surface area (Å²) in [5.74, 6) is 1.98. The molecule has 0 fully saturated rings. The molecule has 0 bridgehead atoms. The van der Waals surface area contributed by atoms with Crippen molar-refractivity contribution >= 4 is 32.3 Å². The van der Waals surface area contributed by atoms with Crippen molar-refractivity contribution in [2.75, 3.05) is 0 Å². The monoisotopic (exact) mass is 651 g/mol. The van der Waals surface area contributed by atoms with Crippen LogP contribution in [0.1, 0.15) is 25.0 Å². The van der Waals surface area contributed by atoms with Crippen LogP contribution in [0.2, 0.25) is 0 Å². The van der Waals surface area contributed by atoms with Gasteiger partial charge in [0.1, 0.15) is 0 Å². The molecule has 0 amide bonds. The van der Waals surface area contributed by atoms with Crippen LogP contribution in [0.3, 0.4) is 0 Å². The van der Waals surface area contributed by atoms with E-state index in [4.69, 9.17) is 15.0 Å². The number of hydrogen-bond acceptors (Lipinski definition) is 3. The molecule has 0 spiro atoms. The summed E-state index contributed by atoms with van der Waals surface area (Å²) in [6, 6.07) is 58.4. The first-order valence-corrected chi connectivity index (χ1v) is 17.5. The van der Waals surface area contributed by atoms with Gasteiger partial charge in [0.25, 0.3) is 0 Å². The van der Waals surface area contributed by atoms with Gasteiger partial charge in [-0.2, -0.15) is 0 Å². The molecule has 0 aliphatic heterocycles. The van der Waals surface area contributed by atoms with Crippen molar-refractivity contribution in [3.05, 3.63) is 175 Å². The number of benzene rings is 8. The van der Waals surface area contributed by atoms with Gasteiger partial charge in [0.15, 0.2) is 17.5 Å². The first-order chi connectivity index (χ1) is 25.0. The van der Waals surface area contributed by atoms with Crippen LogP contribution in [0.15, 0.2) is 164 Å². The predicted molar refractivity (Wildman–Crippen MR) is 212 cm³/mol. The van der Waals surface area contributed by atoms with E-state index in [1.54, 1.807) is 0 Å². The number of aromatic nitrogens is 3. The molecule has 1 aromatic heterocycles. The average molecular weight is 652 g/mol. The fourth-order valence-corrected chi connectivity index (χ4v) is 8.22. The highest BCUT2D eigenvalue weighted by Crippen LogP contribution is 2.52. The molecule has 1 aliphatic rings. The zero-order chi connectivity index (χ0) is 34.1. The highest BCUT2D eigenvalue weighted by atomic mass is 15.0. The summed E-state index contributed by atoms with van der Waals surface area (Å²) in [6.07, 6.45) is 0. The summed E-state index contributed by atoms with van der Waals surface area (Å²) in [6.45, 7) is 4.67. The van der Waals surface area contributed by atoms with E-state index in [9.17, 15) is 0 Å². The Morgan fingerprint density at radius 2 is 0.784 bits per heavy atom. The van der Waals surface area contributed by atoms with Crippen LogP contribution in [0.4, 0.5) is 0 Å². The van der Waals surface area contributed by atoms with E-state index in [0.717, 1.165) is 49.0 Å². The highest BCUT2D eigenvalue weighted by Gasteiger charge is 2.36. The van der Waals surface area contributed by atoms with Crippen molar-refractivity contribution in [2.45, 2.75) is 19.3 Å². The molecular formula is C48H33N3. The summed E-state index contributed by atoms with van der Waals surface area (Å²) < 4.78 is 0. The van der Waals surface area contributed by atoms with Crippen molar-refractivity contribution in [1.29, 1.82) is 0 Å². The van der Waals surface area contributed by atoms with Gasteiger partial charge in [-0.05, 0) is 71.8 Å². The lowest BCUT2D eigenvalue weighted by molar-refractivity contribution is 0.660. The fraction of sp³-hybridized carbons (Fsp3) is 0.0625. The van der Waals surface area contributed by atoms with Gasteiger partial charge >= 0.3 is 0 Å². The third-order valence-electron chi connectivity index (χ3n) is 10.7. The van der Waals surface area contributed by atoms with Crippen LogP contribution >= 0.6 is 0 Å². The van der Waals surface area contributed by atoms with Gasteiger partial charge in [-0.3, -0.25) is 0 Å². The predicted octanol–water partition coefficient (Wildman–Crippen LogP) is 12.3. The lowest BCUT2D eigenvalue weighted by atomic mass is 9.82. The van der Waals surface area contributed by atoms with Crippen molar-refractivity contribution < 1.29 is 0 Å². The average Bonchev–Trinajstić information content (AvgIpc) is 3.43. The van der Waals surface area contributed by atoms with E-state index in [1.165, 1.54) is 33.4 Å². The molecule has 0 saturated carbocycles. The second kappa shape index (κ2) is 11.3. The molecule has 0 unspecified atom stereocenters. The molecule has 0 saturated heterocycles. The second-order valence-electron chi connectivity index (χ2n) is 14.0. The maximum atomic E-state index is 5.23. The Bertz CT molecular complexity index is 2740. The molecule has 9 aromatic rings. The fourth-order valence-electron chi connectivity index (χ4n) is 8.22. The molecule has 51 heavy (non-hydrogen) atoms. The first-order valence-electron chi connectivity index (χ1n) is 17.5. The SMILES string of the molecule is CC1(C)c2ccccc2-c2c(-c3ccc4c(-c5nc(-c6cccc7ccccc67)nc(-c6cccc7ccccc67)n5)cccc4c3)cccc21. The van der Waals surface area contributed by atoms with E-state index in [0.29, 0.717) is 17.5 Å². The van der Waals surface area contributed by atoms with Crippen LogP contribution in [0.5, 0.6) is 0 Å². The highest BCUT2D eigenvalue weighted by molar-refractivity contribution is 6.02. The Morgan fingerprint density at radius 3 is 1.41 bits per heavy atom. The number of nitrogens with zero attached hydrogens (tertiary/aromatic N) is 3. The maximum Gasteiger partial charge on any atom is 0.164 e. The zero-order valence-electron chi connectivity index (χ0n) is 28.4. The van der Waals surface area contributed by atoms with E-state index >= 15 is 0 Å². The Balaban J connectivity index is 1.18. The topological polar surface area (TPSA) is 38.7 Å². The minimum absolute atomic E-state index is 0.0474. The minimum Gasteiger partial charge on any atom is -0.208 e. The quantitative estimate of drug-likeness (QED) is 0.190. The Hall–Kier alpha value is -6.45. The van der Waals surface area contributed by atoms with E-state index < -0.39 is 0 Å². The zero-order valence-corrected chi connectivity index (χ0v) is 28.4. The molecule has 0 N–H and O–H groups in total. The van der Waals surface area contributed by atoms with E-state index in [1.807, 2.05) is 0 Å². The molecule has 240 valence electrons. The van der Waals surface area contributed by atoms with Gasteiger partial charge in [0, 0.05) is 22.1 Å². The smallest absolute Gasteiger partial charge is 0.164 e. The standard InChI is InChI=1S/C48H33N3/c1-48(2)42-25-8-7-20-41(42)44-37(21-12-26-43(44)48)33-27-28-36-32(29-33)17-11-24-40(36)47-50-45(38-22-9-15-30-13-3-5-18-34(30)38)49-46(51-47)39-23-10-16-31-14-4-6-19-35(31)39/h3-29H,1-2H3. The maximum absolute atomic E-state index is 5.23. The summed E-state index contributed by atoms with van der Waals surface area (Å²) in [7, 11) is 0. The second-order valence-corrected chi connectivity index (χ2v) is 14.0. The molecule has 8 aromatic carbocycles. The van der Waals surface area contributed by atoms with Crippen molar-refractivity contribution in [3.63, 3.8) is 0 Å². The van der Waals surface area contributed by atoms with E-state index in [-0.39, 0.29) is 5.41 Å². The minimum atomic E-state index is -0.0474. The van der Waals surface area contributed by atoms with Crippen molar-refractivity contribution in [1.82, 2.24) is 15.0 Å². The normalized spacial score (nSPS) is 13.1. The number of fused-ring (bicyclic) bond motifs is 6. The van der Waals surface area contributed by atoms with Gasteiger partial charge in [-0.1, -0.05) is 172 Å². The lowest BCUT2D eigenvalue weighted by Crippen LogP contribution is -2.14. The van der Waals surface area contributed by atoms with Crippen LogP contribution in [0.25, 0.3) is 88.7 Å². The van der Waals surface area contributed by atoms with Gasteiger partial charge in [0.2, 0.25) is 0 Å².